The molecule has 1 aliphatic rings. The molecule has 9 nitrogen and oxygen atoms in total. The van der Waals surface area contributed by atoms with Gasteiger partial charge in [-0.1, -0.05) is 18.1 Å². The fourth-order valence-corrected chi connectivity index (χ4v) is 4.25. The zero-order valence-corrected chi connectivity index (χ0v) is 18.8. The van der Waals surface area contributed by atoms with E-state index in [2.05, 4.69) is 22.0 Å². The van der Waals surface area contributed by atoms with Crippen molar-refractivity contribution in [3.63, 3.8) is 0 Å². The molecule has 0 saturated carbocycles. The first-order valence-corrected chi connectivity index (χ1v) is 11.0. The molecule has 0 spiro atoms. The zero-order valence-electron chi connectivity index (χ0n) is 18.8. The first-order chi connectivity index (χ1) is 17.0. The van der Waals surface area contributed by atoms with Crippen LogP contribution in [0.1, 0.15) is 25.0 Å². The first-order valence-electron chi connectivity index (χ1n) is 11.0. The first kappa shape index (κ1) is 22.2. The van der Waals surface area contributed by atoms with Crippen molar-refractivity contribution < 1.29 is 13.9 Å². The second-order valence-corrected chi connectivity index (χ2v) is 8.10. The van der Waals surface area contributed by atoms with Gasteiger partial charge < -0.3 is 15.4 Å². The average Bonchev–Trinajstić information content (AvgIpc) is 3.50. The lowest BCUT2D eigenvalue weighted by atomic mass is 10.0. The van der Waals surface area contributed by atoms with Gasteiger partial charge in [-0.25, -0.2) is 14.2 Å². The molecule has 0 radical (unpaired) electrons. The highest BCUT2D eigenvalue weighted by molar-refractivity contribution is 5.94. The van der Waals surface area contributed by atoms with Gasteiger partial charge in [0, 0.05) is 19.0 Å². The maximum absolute atomic E-state index is 13.9. The van der Waals surface area contributed by atoms with E-state index in [0.717, 1.165) is 0 Å². The Kier molecular flexibility index (Phi) is 5.66. The van der Waals surface area contributed by atoms with Gasteiger partial charge in [0.15, 0.2) is 17.4 Å². The van der Waals surface area contributed by atoms with Gasteiger partial charge in [0.1, 0.15) is 11.3 Å². The molecule has 1 fully saturated rings. The molecule has 5 rings (SSSR count). The van der Waals surface area contributed by atoms with Gasteiger partial charge in [0.05, 0.1) is 16.8 Å². The third-order valence-electron chi connectivity index (χ3n) is 5.90. The van der Waals surface area contributed by atoms with Crippen molar-refractivity contribution in [1.82, 2.24) is 24.9 Å². The van der Waals surface area contributed by atoms with Crippen molar-refractivity contribution in [2.75, 3.05) is 18.8 Å². The van der Waals surface area contributed by atoms with E-state index in [0.29, 0.717) is 47.5 Å². The van der Waals surface area contributed by atoms with Gasteiger partial charge in [0.2, 0.25) is 0 Å². The number of para-hydroxylation sites is 1. The van der Waals surface area contributed by atoms with Gasteiger partial charge in [-0.2, -0.15) is 10.2 Å². The Morgan fingerprint density at radius 3 is 2.74 bits per heavy atom. The number of aromatic nitrogens is 4. The number of carbonyl (C=O) groups is 1. The fourth-order valence-electron chi connectivity index (χ4n) is 4.25. The van der Waals surface area contributed by atoms with Crippen molar-refractivity contribution in [1.29, 1.82) is 0 Å². The van der Waals surface area contributed by atoms with Crippen LogP contribution in [0.25, 0.3) is 16.6 Å². The lowest BCUT2D eigenvalue weighted by molar-refractivity contribution is -0.124. The third kappa shape index (κ3) is 4.08. The number of carbonyl (C=O) groups excluding carboxylic acids is 1. The Hall–Kier alpha value is -4.65. The molecule has 3 heterocycles. The van der Waals surface area contributed by atoms with Crippen molar-refractivity contribution >= 4 is 22.6 Å². The van der Waals surface area contributed by atoms with E-state index in [9.17, 15) is 14.0 Å². The summed E-state index contributed by atoms with van der Waals surface area (Å²) in [6.07, 6.45) is 0.639. The third-order valence-corrected chi connectivity index (χ3v) is 5.90. The number of hydrogen-bond acceptors (Lipinski definition) is 6. The minimum absolute atomic E-state index is 0.111. The monoisotopic (exact) mass is 472 g/mol. The number of fused-ring (bicyclic) bond motifs is 1. The van der Waals surface area contributed by atoms with Crippen LogP contribution in [0.2, 0.25) is 0 Å². The Balaban J connectivity index is 1.52. The number of ether oxygens (including phenoxy) is 1. The topological polar surface area (TPSA) is 119 Å². The highest BCUT2D eigenvalue weighted by atomic mass is 19.1. The van der Waals surface area contributed by atoms with E-state index in [-0.39, 0.29) is 23.4 Å². The smallest absolute Gasteiger partial charge is 0.298 e. The van der Waals surface area contributed by atoms with Crippen LogP contribution < -0.4 is 16.0 Å². The second kappa shape index (κ2) is 8.95. The number of nitrogens with two attached hydrogens (primary N) is 1. The van der Waals surface area contributed by atoms with Crippen LogP contribution in [0, 0.1) is 17.7 Å². The highest BCUT2D eigenvalue weighted by Gasteiger charge is 2.32. The fraction of sp³-hybridized carbons (Fsp3) is 0.200. The highest BCUT2D eigenvalue weighted by Crippen LogP contribution is 2.33. The molecule has 1 aliphatic heterocycles. The van der Waals surface area contributed by atoms with E-state index in [1.54, 1.807) is 52.9 Å². The summed E-state index contributed by atoms with van der Waals surface area (Å²) in [5, 5.41) is 11.4. The molecule has 2 aromatic carbocycles. The zero-order chi connectivity index (χ0) is 24.5. The van der Waals surface area contributed by atoms with Gasteiger partial charge in [-0.3, -0.25) is 9.59 Å². The summed E-state index contributed by atoms with van der Waals surface area (Å²) >= 11 is 0. The second-order valence-electron chi connectivity index (χ2n) is 8.10. The van der Waals surface area contributed by atoms with E-state index in [1.807, 2.05) is 0 Å². The number of aromatic amines is 1. The molecule has 1 saturated heterocycles. The lowest BCUT2D eigenvalue weighted by Crippen LogP contribution is -2.27. The van der Waals surface area contributed by atoms with E-state index in [1.165, 1.54) is 12.1 Å². The maximum Gasteiger partial charge on any atom is 0.298 e. The predicted molar refractivity (Wildman–Crippen MR) is 128 cm³/mol. The number of anilines is 1. The number of nitrogen functional groups attached to an aromatic ring is 1. The minimum Gasteiger partial charge on any atom is -0.454 e. The Labute approximate surface area is 199 Å². The molecular formula is C25H21FN6O3. The number of likely N-dealkylation sites (tertiary alicyclic amines) is 1. The molecule has 0 bridgehead atoms. The van der Waals surface area contributed by atoms with Crippen molar-refractivity contribution in [3.8, 4) is 29.0 Å². The predicted octanol–water partition coefficient (Wildman–Crippen LogP) is 2.96. The largest absolute Gasteiger partial charge is 0.454 e. The summed E-state index contributed by atoms with van der Waals surface area (Å²) < 4.78 is 21.1. The van der Waals surface area contributed by atoms with Crippen molar-refractivity contribution in [3.05, 3.63) is 70.4 Å². The molecule has 35 heavy (non-hydrogen) atoms. The normalized spacial score (nSPS) is 15.1. The minimum atomic E-state index is -0.466. The van der Waals surface area contributed by atoms with Crippen molar-refractivity contribution in [2.24, 2.45) is 0 Å². The van der Waals surface area contributed by atoms with Gasteiger partial charge in [-0.15, -0.1) is 0 Å². The van der Waals surface area contributed by atoms with E-state index < -0.39 is 11.4 Å². The van der Waals surface area contributed by atoms with Crippen LogP contribution >= 0.6 is 0 Å². The molecule has 4 aromatic rings. The Bertz CT molecular complexity index is 1550. The summed E-state index contributed by atoms with van der Waals surface area (Å²) in [5.41, 5.74) is 7.28. The van der Waals surface area contributed by atoms with Crippen LogP contribution in [-0.4, -0.2) is 43.9 Å². The van der Waals surface area contributed by atoms with E-state index >= 15 is 0 Å². The van der Waals surface area contributed by atoms with E-state index in [4.69, 9.17) is 15.6 Å². The standard InChI is InChI=1S/C25H21FN6O3/c1-2-5-20(33)31-13-12-15(14-31)22-21-23(24(27)28-29-25(21)34)32(30-22)16-8-10-17(11-9-16)35-19-7-4-3-6-18(19)26/h3-4,6-11,15H,12-14H2,1H3,(H2,27,28)(H,29,34)/t15-/m1/s1. The van der Waals surface area contributed by atoms with Gasteiger partial charge in [0.25, 0.3) is 11.5 Å². The van der Waals surface area contributed by atoms with Gasteiger partial charge >= 0.3 is 0 Å². The van der Waals surface area contributed by atoms with Crippen LogP contribution in [0.4, 0.5) is 10.2 Å². The Morgan fingerprint density at radius 1 is 1.23 bits per heavy atom. The number of H-pyrrole nitrogens is 1. The molecule has 176 valence electrons. The number of halogens is 1. The molecule has 10 heteroatoms. The van der Waals surface area contributed by atoms with Gasteiger partial charge in [-0.05, 0) is 55.7 Å². The summed E-state index contributed by atoms with van der Waals surface area (Å²) in [6.45, 7) is 2.53. The summed E-state index contributed by atoms with van der Waals surface area (Å²) in [6, 6.07) is 12.9. The summed E-state index contributed by atoms with van der Waals surface area (Å²) in [4.78, 5) is 26.6. The van der Waals surface area contributed by atoms with Crippen LogP contribution in [-0.2, 0) is 4.79 Å². The van der Waals surface area contributed by atoms with Crippen molar-refractivity contribution in [2.45, 2.75) is 19.3 Å². The molecule has 0 unspecified atom stereocenters. The average molecular weight is 472 g/mol. The molecule has 3 N–H and O–H groups in total. The van der Waals surface area contributed by atoms with Crippen LogP contribution in [0.15, 0.2) is 53.3 Å². The maximum atomic E-state index is 13.9. The molecule has 2 aromatic heterocycles. The summed E-state index contributed by atoms with van der Waals surface area (Å²) in [7, 11) is 0. The molecule has 0 aliphatic carbocycles. The Morgan fingerprint density at radius 2 is 2.00 bits per heavy atom. The SMILES string of the molecule is CC#CC(=O)N1CC[C@@H](c2nn(-c3ccc(Oc4ccccc4F)cc3)c3c(N)n[nH]c(=O)c23)C1. The number of nitrogens with zero attached hydrogens (tertiary/aromatic N) is 4. The number of rotatable bonds is 4. The number of nitrogens with one attached hydrogen (secondary N) is 1. The molecular weight excluding hydrogens is 451 g/mol. The summed E-state index contributed by atoms with van der Waals surface area (Å²) in [5.74, 6) is 4.96. The number of benzene rings is 2. The lowest BCUT2D eigenvalue weighted by Gasteiger charge is -2.12. The molecule has 1 atom stereocenters. The van der Waals surface area contributed by atoms with Crippen LogP contribution in [0.3, 0.4) is 0 Å². The van der Waals surface area contributed by atoms with Crippen LogP contribution in [0.5, 0.6) is 11.5 Å². The number of hydrogen-bond donors (Lipinski definition) is 2. The quantitative estimate of drug-likeness (QED) is 0.441. The number of amides is 1. The molecule has 1 amide bonds.